The van der Waals surface area contributed by atoms with Crippen LogP contribution in [0.2, 0.25) is 0 Å². The summed E-state index contributed by atoms with van der Waals surface area (Å²) < 4.78 is 13.7. The molecule has 3 rings (SSSR count). The third-order valence-corrected chi connectivity index (χ3v) is 4.15. The van der Waals surface area contributed by atoms with Gasteiger partial charge in [0.15, 0.2) is 5.96 Å². The van der Waals surface area contributed by atoms with Gasteiger partial charge < -0.3 is 20.6 Å². The molecule has 1 aromatic carbocycles. The second-order valence-electron chi connectivity index (χ2n) is 5.78. The number of nitrogens with zero attached hydrogens (tertiary/aromatic N) is 5. The Morgan fingerprint density at radius 3 is 2.56 bits per heavy atom. The topological polar surface area (TPSA) is 90.9 Å². The Morgan fingerprint density at radius 2 is 1.92 bits per heavy atom. The summed E-state index contributed by atoms with van der Waals surface area (Å²) in [5, 5.41) is 8.99. The van der Waals surface area contributed by atoms with E-state index in [1.165, 1.54) is 6.07 Å². The summed E-state index contributed by atoms with van der Waals surface area (Å²) in [5.41, 5.74) is 7.06. The Kier molecular flexibility index (Phi) is 5.39. The largest absolute Gasteiger partial charge is 0.392 e. The molecule has 0 aliphatic carbocycles. The first-order valence-corrected chi connectivity index (χ1v) is 8.12. The Labute approximate surface area is 145 Å². The SMILES string of the molecule is NC(=NCc1ccc(CO)c(F)c1)N1CCN(c2ncccn2)CC1. The molecule has 0 bridgehead atoms. The summed E-state index contributed by atoms with van der Waals surface area (Å²) in [6.45, 7) is 2.97. The molecule has 0 atom stereocenters. The second kappa shape index (κ2) is 7.89. The minimum Gasteiger partial charge on any atom is -0.392 e. The van der Waals surface area contributed by atoms with E-state index in [1.54, 1.807) is 30.6 Å². The number of piperazine rings is 1. The predicted molar refractivity (Wildman–Crippen MR) is 93.5 cm³/mol. The normalized spacial score (nSPS) is 15.5. The van der Waals surface area contributed by atoms with Crippen molar-refractivity contribution in [3.63, 3.8) is 0 Å². The first-order valence-electron chi connectivity index (χ1n) is 8.12. The highest BCUT2D eigenvalue weighted by atomic mass is 19.1. The van der Waals surface area contributed by atoms with Crippen molar-refractivity contribution in [1.82, 2.24) is 14.9 Å². The first kappa shape index (κ1) is 17.1. The molecule has 3 N–H and O–H groups in total. The number of aromatic nitrogens is 2. The van der Waals surface area contributed by atoms with Gasteiger partial charge in [-0.05, 0) is 17.7 Å². The lowest BCUT2D eigenvalue weighted by Crippen LogP contribution is -2.51. The Bertz CT molecular complexity index is 731. The molecule has 2 aromatic rings. The molecule has 1 saturated heterocycles. The van der Waals surface area contributed by atoms with Gasteiger partial charge in [0.2, 0.25) is 5.95 Å². The summed E-state index contributed by atoms with van der Waals surface area (Å²) in [6.07, 6.45) is 3.46. The van der Waals surface area contributed by atoms with Gasteiger partial charge in [-0.2, -0.15) is 0 Å². The molecular formula is C17H21FN6O. The van der Waals surface area contributed by atoms with E-state index in [0.29, 0.717) is 18.1 Å². The lowest BCUT2D eigenvalue weighted by Gasteiger charge is -2.35. The van der Waals surface area contributed by atoms with Crippen LogP contribution < -0.4 is 10.6 Å². The van der Waals surface area contributed by atoms with Gasteiger partial charge in [0, 0.05) is 44.1 Å². The number of hydrogen-bond acceptors (Lipinski definition) is 5. The number of hydrogen-bond donors (Lipinski definition) is 2. The molecule has 25 heavy (non-hydrogen) atoms. The monoisotopic (exact) mass is 344 g/mol. The molecular weight excluding hydrogens is 323 g/mol. The van der Waals surface area contributed by atoms with Gasteiger partial charge in [-0.3, -0.25) is 0 Å². The van der Waals surface area contributed by atoms with E-state index in [-0.39, 0.29) is 12.2 Å². The van der Waals surface area contributed by atoms with E-state index in [0.717, 1.165) is 32.1 Å². The standard InChI is InChI=1S/C17H21FN6O/c18-15-10-13(2-3-14(15)12-25)11-22-16(19)23-6-8-24(9-7-23)17-20-4-1-5-21-17/h1-5,10,25H,6-9,11-12H2,(H2,19,22). The lowest BCUT2D eigenvalue weighted by molar-refractivity contribution is 0.275. The number of nitrogens with two attached hydrogens (primary N) is 1. The highest BCUT2D eigenvalue weighted by Gasteiger charge is 2.19. The van der Waals surface area contributed by atoms with Crippen LogP contribution in [-0.2, 0) is 13.2 Å². The van der Waals surface area contributed by atoms with Crippen molar-refractivity contribution < 1.29 is 9.50 Å². The second-order valence-corrected chi connectivity index (χ2v) is 5.78. The van der Waals surface area contributed by atoms with Crippen molar-refractivity contribution in [2.45, 2.75) is 13.2 Å². The molecule has 0 amide bonds. The van der Waals surface area contributed by atoms with Crippen LogP contribution in [0.4, 0.5) is 10.3 Å². The Balaban J connectivity index is 1.56. The molecule has 0 radical (unpaired) electrons. The number of benzene rings is 1. The number of aliphatic hydroxyl groups excluding tert-OH is 1. The highest BCUT2D eigenvalue weighted by Crippen LogP contribution is 2.12. The Morgan fingerprint density at radius 1 is 1.20 bits per heavy atom. The lowest BCUT2D eigenvalue weighted by atomic mass is 10.1. The molecule has 7 nitrogen and oxygen atoms in total. The van der Waals surface area contributed by atoms with E-state index < -0.39 is 5.82 Å². The zero-order valence-electron chi connectivity index (χ0n) is 13.8. The number of anilines is 1. The molecule has 0 unspecified atom stereocenters. The first-order chi connectivity index (χ1) is 12.2. The average molecular weight is 344 g/mol. The molecule has 1 fully saturated rings. The van der Waals surface area contributed by atoms with Gasteiger partial charge in [-0.1, -0.05) is 12.1 Å². The molecule has 132 valence electrons. The van der Waals surface area contributed by atoms with Crippen molar-refractivity contribution in [2.24, 2.45) is 10.7 Å². The number of rotatable bonds is 4. The average Bonchev–Trinajstić information content (AvgIpc) is 2.67. The third kappa shape index (κ3) is 4.21. The molecule has 1 aliphatic rings. The fraction of sp³-hybridized carbons (Fsp3) is 0.353. The summed E-state index contributed by atoms with van der Waals surface area (Å²) in [4.78, 5) is 17.0. The fourth-order valence-electron chi connectivity index (χ4n) is 2.68. The van der Waals surface area contributed by atoms with E-state index in [4.69, 9.17) is 10.8 Å². The zero-order valence-corrected chi connectivity index (χ0v) is 13.8. The van der Waals surface area contributed by atoms with Crippen LogP contribution in [0.15, 0.2) is 41.7 Å². The molecule has 1 aliphatic heterocycles. The Hall–Kier alpha value is -2.74. The van der Waals surface area contributed by atoms with Crippen LogP contribution in [-0.4, -0.2) is 52.1 Å². The van der Waals surface area contributed by atoms with Crippen molar-refractivity contribution in [3.8, 4) is 0 Å². The van der Waals surface area contributed by atoms with Crippen LogP contribution in [0.3, 0.4) is 0 Å². The fourth-order valence-corrected chi connectivity index (χ4v) is 2.68. The molecule has 0 saturated carbocycles. The highest BCUT2D eigenvalue weighted by molar-refractivity contribution is 5.78. The van der Waals surface area contributed by atoms with Crippen LogP contribution in [0.1, 0.15) is 11.1 Å². The summed E-state index contributed by atoms with van der Waals surface area (Å²) in [5.74, 6) is 0.739. The van der Waals surface area contributed by atoms with E-state index in [1.807, 2.05) is 4.90 Å². The van der Waals surface area contributed by atoms with Gasteiger partial charge in [0.05, 0.1) is 13.2 Å². The van der Waals surface area contributed by atoms with E-state index in [9.17, 15) is 4.39 Å². The summed E-state index contributed by atoms with van der Waals surface area (Å²) >= 11 is 0. The van der Waals surface area contributed by atoms with Crippen molar-refractivity contribution in [1.29, 1.82) is 0 Å². The number of halogens is 1. The third-order valence-electron chi connectivity index (χ3n) is 4.15. The number of aliphatic hydroxyl groups is 1. The number of guanidine groups is 1. The predicted octanol–water partition coefficient (Wildman–Crippen LogP) is 0.745. The molecule has 8 heteroatoms. The maximum absolute atomic E-state index is 13.7. The summed E-state index contributed by atoms with van der Waals surface area (Å²) in [7, 11) is 0. The number of aliphatic imine (C=N–C) groups is 1. The van der Waals surface area contributed by atoms with Crippen molar-refractivity contribution >= 4 is 11.9 Å². The van der Waals surface area contributed by atoms with Gasteiger partial charge >= 0.3 is 0 Å². The van der Waals surface area contributed by atoms with Crippen LogP contribution in [0.5, 0.6) is 0 Å². The van der Waals surface area contributed by atoms with Gasteiger partial charge in [-0.15, -0.1) is 0 Å². The molecule has 0 spiro atoms. The zero-order chi connectivity index (χ0) is 17.6. The van der Waals surface area contributed by atoms with Gasteiger partial charge in [0.1, 0.15) is 5.82 Å². The quantitative estimate of drug-likeness (QED) is 0.628. The van der Waals surface area contributed by atoms with Crippen molar-refractivity contribution in [2.75, 3.05) is 31.1 Å². The van der Waals surface area contributed by atoms with Crippen LogP contribution in [0, 0.1) is 5.82 Å². The summed E-state index contributed by atoms with van der Waals surface area (Å²) in [6, 6.07) is 6.48. The maximum Gasteiger partial charge on any atom is 0.225 e. The van der Waals surface area contributed by atoms with Gasteiger partial charge in [-0.25, -0.2) is 19.4 Å². The van der Waals surface area contributed by atoms with Crippen molar-refractivity contribution in [3.05, 3.63) is 53.6 Å². The maximum atomic E-state index is 13.7. The molecule has 2 heterocycles. The van der Waals surface area contributed by atoms with Gasteiger partial charge in [0.25, 0.3) is 0 Å². The minimum absolute atomic E-state index is 0.278. The smallest absolute Gasteiger partial charge is 0.225 e. The van der Waals surface area contributed by atoms with E-state index in [2.05, 4.69) is 19.9 Å². The van der Waals surface area contributed by atoms with E-state index >= 15 is 0 Å². The van der Waals surface area contributed by atoms with Crippen LogP contribution >= 0.6 is 0 Å². The molecule has 1 aromatic heterocycles. The van der Waals surface area contributed by atoms with Crippen LogP contribution in [0.25, 0.3) is 0 Å². The minimum atomic E-state index is -0.426.